The van der Waals surface area contributed by atoms with Gasteiger partial charge in [-0.05, 0) is 43.0 Å². The highest BCUT2D eigenvalue weighted by atomic mass is 32.2. The first-order chi connectivity index (χ1) is 14.4. The van der Waals surface area contributed by atoms with E-state index in [0.29, 0.717) is 12.2 Å². The second kappa shape index (κ2) is 12.5. The number of hydrogen-bond donors (Lipinski definition) is 3. The smallest absolute Gasteiger partial charge is 0.329 e. The summed E-state index contributed by atoms with van der Waals surface area (Å²) in [6.07, 6.45) is 0.126. The molecule has 176 valence electrons. The summed E-state index contributed by atoms with van der Waals surface area (Å²) in [5, 5.41) is 14.1. The lowest BCUT2D eigenvalue weighted by atomic mass is 9.82. The third kappa shape index (κ3) is 9.21. The molecule has 3 N–H and O–H groups in total. The van der Waals surface area contributed by atoms with E-state index in [-0.39, 0.29) is 12.0 Å². The Bertz CT molecular complexity index is 714. The van der Waals surface area contributed by atoms with Gasteiger partial charge in [0, 0.05) is 5.75 Å². The van der Waals surface area contributed by atoms with E-state index < -0.39 is 41.1 Å². The van der Waals surface area contributed by atoms with Crippen molar-refractivity contribution in [2.75, 3.05) is 5.75 Å². The molecule has 3 atom stereocenters. The Morgan fingerprint density at radius 1 is 1.13 bits per heavy atom. The highest BCUT2D eigenvalue weighted by Crippen LogP contribution is 2.31. The highest BCUT2D eigenvalue weighted by Gasteiger charge is 2.40. The van der Waals surface area contributed by atoms with Crippen LogP contribution in [0.1, 0.15) is 54.9 Å². The Labute approximate surface area is 193 Å². The summed E-state index contributed by atoms with van der Waals surface area (Å²) < 4.78 is 6.37. The van der Waals surface area contributed by atoms with Gasteiger partial charge in [0.15, 0.2) is 0 Å². The van der Waals surface area contributed by atoms with Crippen molar-refractivity contribution in [1.82, 2.24) is 10.8 Å². The number of esters is 1. The average Bonchev–Trinajstić information content (AvgIpc) is 3.16. The lowest BCUT2D eigenvalue weighted by Crippen LogP contribution is -2.54. The van der Waals surface area contributed by atoms with Gasteiger partial charge in [-0.1, -0.05) is 40.7 Å². The molecule has 9 heteroatoms. The van der Waals surface area contributed by atoms with E-state index in [1.165, 1.54) is 11.8 Å². The van der Waals surface area contributed by atoms with Gasteiger partial charge >= 0.3 is 5.97 Å². The molecule has 1 aromatic rings. The van der Waals surface area contributed by atoms with Crippen molar-refractivity contribution in [3.8, 4) is 0 Å². The Hall–Kier alpha value is -1.58. The van der Waals surface area contributed by atoms with Gasteiger partial charge < -0.3 is 10.1 Å². The molecule has 0 fully saturated rings. The number of thioether (sulfide) groups is 1. The number of hydroxylamine groups is 1. The zero-order chi connectivity index (χ0) is 23.8. The Morgan fingerprint density at radius 2 is 1.77 bits per heavy atom. The van der Waals surface area contributed by atoms with Gasteiger partial charge in [0.05, 0.1) is 22.1 Å². The van der Waals surface area contributed by atoms with Crippen molar-refractivity contribution in [1.29, 1.82) is 0 Å². The summed E-state index contributed by atoms with van der Waals surface area (Å²) in [7, 11) is 0. The predicted octanol–water partition coefficient (Wildman–Crippen LogP) is 4.11. The van der Waals surface area contributed by atoms with Crippen LogP contribution in [-0.2, 0) is 19.1 Å². The first-order valence-corrected chi connectivity index (χ1v) is 12.3. The molecule has 0 radical (unpaired) electrons. The lowest BCUT2D eigenvalue weighted by Gasteiger charge is -2.33. The van der Waals surface area contributed by atoms with Crippen molar-refractivity contribution >= 4 is 40.9 Å². The second-order valence-corrected chi connectivity index (χ2v) is 11.6. The minimum Gasteiger partial charge on any atom is -0.461 e. The molecule has 1 heterocycles. The molecule has 1 aromatic heterocycles. The SMILES string of the molecule is CC(C)CC(C(=O)NC(C(=O)OC(C)C)C(C)(C)C)C(CSc1cccs1)C(=O)NO. The van der Waals surface area contributed by atoms with Crippen molar-refractivity contribution < 1.29 is 24.3 Å². The summed E-state index contributed by atoms with van der Waals surface area (Å²) in [6, 6.07) is 3.00. The Balaban J connectivity index is 3.14. The van der Waals surface area contributed by atoms with Crippen molar-refractivity contribution in [2.45, 2.75) is 71.2 Å². The minimum atomic E-state index is -0.861. The molecule has 0 spiro atoms. The number of rotatable bonds is 11. The van der Waals surface area contributed by atoms with Crippen LogP contribution in [0.5, 0.6) is 0 Å². The Morgan fingerprint density at radius 3 is 2.23 bits per heavy atom. The molecule has 0 aliphatic heterocycles. The van der Waals surface area contributed by atoms with Gasteiger partial charge in [0.1, 0.15) is 6.04 Å². The number of thiophene rings is 1. The van der Waals surface area contributed by atoms with Crippen LogP contribution in [0.25, 0.3) is 0 Å². The lowest BCUT2D eigenvalue weighted by molar-refractivity contribution is -0.155. The molecule has 3 unspecified atom stereocenters. The molecule has 0 saturated carbocycles. The van der Waals surface area contributed by atoms with Crippen LogP contribution in [-0.4, -0.2) is 40.9 Å². The van der Waals surface area contributed by atoms with E-state index >= 15 is 0 Å². The van der Waals surface area contributed by atoms with Gasteiger partial charge in [-0.15, -0.1) is 23.1 Å². The van der Waals surface area contributed by atoms with Gasteiger partial charge in [-0.3, -0.25) is 14.8 Å². The van der Waals surface area contributed by atoms with E-state index in [2.05, 4.69) is 5.32 Å². The number of carbonyl (C=O) groups is 3. The summed E-state index contributed by atoms with van der Waals surface area (Å²) >= 11 is 3.01. The average molecular weight is 473 g/mol. The molecule has 1 rings (SSSR count). The summed E-state index contributed by atoms with van der Waals surface area (Å²) in [5.74, 6) is -2.52. The van der Waals surface area contributed by atoms with Crippen LogP contribution in [0.3, 0.4) is 0 Å². The first-order valence-electron chi connectivity index (χ1n) is 10.5. The minimum absolute atomic E-state index is 0.132. The van der Waals surface area contributed by atoms with Crippen molar-refractivity contribution in [3.05, 3.63) is 17.5 Å². The fourth-order valence-corrected chi connectivity index (χ4v) is 5.11. The first kappa shape index (κ1) is 27.5. The van der Waals surface area contributed by atoms with E-state index in [1.807, 2.05) is 52.1 Å². The highest BCUT2D eigenvalue weighted by molar-refractivity contribution is 8.01. The molecule has 7 nitrogen and oxygen atoms in total. The number of ether oxygens (including phenoxy) is 1. The van der Waals surface area contributed by atoms with Crippen LogP contribution in [0, 0.1) is 23.2 Å². The van der Waals surface area contributed by atoms with Gasteiger partial charge in [0.25, 0.3) is 0 Å². The molecule has 0 aliphatic carbocycles. The van der Waals surface area contributed by atoms with E-state index in [9.17, 15) is 19.6 Å². The van der Waals surface area contributed by atoms with Gasteiger partial charge in [0.2, 0.25) is 11.8 Å². The third-order valence-corrected chi connectivity index (χ3v) is 6.89. The molecule has 0 bridgehead atoms. The van der Waals surface area contributed by atoms with Crippen LogP contribution in [0.4, 0.5) is 0 Å². The molecule has 31 heavy (non-hydrogen) atoms. The maximum atomic E-state index is 13.4. The number of carbonyl (C=O) groups excluding carboxylic acids is 3. The molecule has 2 amide bonds. The second-order valence-electron chi connectivity index (χ2n) is 9.35. The van der Waals surface area contributed by atoms with E-state index in [1.54, 1.807) is 30.7 Å². The van der Waals surface area contributed by atoms with Gasteiger partial charge in [-0.2, -0.15) is 0 Å². The van der Waals surface area contributed by atoms with Crippen LogP contribution < -0.4 is 10.8 Å². The molecular formula is C22H36N2O5S2. The van der Waals surface area contributed by atoms with Crippen LogP contribution in [0.2, 0.25) is 0 Å². The number of nitrogens with one attached hydrogen (secondary N) is 2. The largest absolute Gasteiger partial charge is 0.461 e. The zero-order valence-corrected chi connectivity index (χ0v) is 21.1. The standard InChI is InChI=1S/C22H36N2O5S2/c1-13(2)11-15(16(20(26)24-28)12-31-17-9-8-10-30-17)19(25)23-18(22(5,6)7)21(27)29-14(3)4/h8-10,13-16,18,28H,11-12H2,1-7H3,(H,23,25)(H,24,26). The summed E-state index contributed by atoms with van der Waals surface area (Å²) in [5.41, 5.74) is 1.14. The fourth-order valence-electron chi connectivity index (χ4n) is 3.12. The van der Waals surface area contributed by atoms with Crippen LogP contribution >= 0.6 is 23.1 Å². The number of hydrogen-bond acceptors (Lipinski definition) is 7. The predicted molar refractivity (Wildman–Crippen MR) is 124 cm³/mol. The zero-order valence-electron chi connectivity index (χ0n) is 19.4. The molecular weight excluding hydrogens is 436 g/mol. The molecule has 0 aromatic carbocycles. The van der Waals surface area contributed by atoms with Crippen LogP contribution in [0.15, 0.2) is 21.7 Å². The monoisotopic (exact) mass is 472 g/mol. The third-order valence-electron chi connectivity index (χ3n) is 4.64. The normalized spacial score (nSPS) is 14.8. The maximum absolute atomic E-state index is 13.4. The van der Waals surface area contributed by atoms with Crippen molar-refractivity contribution in [2.24, 2.45) is 23.2 Å². The topological polar surface area (TPSA) is 105 Å². The van der Waals surface area contributed by atoms with Gasteiger partial charge in [-0.25, -0.2) is 10.3 Å². The van der Waals surface area contributed by atoms with E-state index in [0.717, 1.165) is 4.21 Å². The quantitative estimate of drug-likeness (QED) is 0.194. The van der Waals surface area contributed by atoms with Crippen molar-refractivity contribution in [3.63, 3.8) is 0 Å². The maximum Gasteiger partial charge on any atom is 0.329 e. The molecule has 0 saturated heterocycles. The number of amides is 2. The Kier molecular flexibility index (Phi) is 11.0. The molecule has 0 aliphatic rings. The fraction of sp³-hybridized carbons (Fsp3) is 0.682. The summed E-state index contributed by atoms with van der Waals surface area (Å²) in [6.45, 7) is 13.0. The summed E-state index contributed by atoms with van der Waals surface area (Å²) in [4.78, 5) is 38.5. The van der Waals surface area contributed by atoms with E-state index in [4.69, 9.17) is 4.74 Å².